The summed E-state index contributed by atoms with van der Waals surface area (Å²) < 4.78 is 0. The van der Waals surface area contributed by atoms with Gasteiger partial charge < -0.3 is 16.8 Å². The van der Waals surface area contributed by atoms with Crippen molar-refractivity contribution in [1.29, 1.82) is 5.41 Å². The summed E-state index contributed by atoms with van der Waals surface area (Å²) in [6.07, 6.45) is 1.28. The van der Waals surface area contributed by atoms with Gasteiger partial charge in [-0.1, -0.05) is 0 Å². The Labute approximate surface area is 72.0 Å². The fourth-order valence-corrected chi connectivity index (χ4v) is 0.706. The van der Waals surface area contributed by atoms with Crippen molar-refractivity contribution in [3.63, 3.8) is 0 Å². The predicted octanol–water partition coefficient (Wildman–Crippen LogP) is -1.02. The van der Waals surface area contributed by atoms with Gasteiger partial charge in [-0.2, -0.15) is 0 Å². The Balaban J connectivity index is 3.31. The fourth-order valence-electron chi connectivity index (χ4n) is 0.706. The highest BCUT2D eigenvalue weighted by Gasteiger charge is 2.06. The van der Waals surface area contributed by atoms with Gasteiger partial charge >= 0.3 is 0 Å². The summed E-state index contributed by atoms with van der Waals surface area (Å²) in [5.41, 5.74) is 10.4. The molecule has 0 aliphatic heterocycles. The number of hydrogen-bond acceptors (Lipinski definition) is 3. The topological polar surface area (TPSA) is 105 Å². The number of rotatable bonds is 5. The summed E-state index contributed by atoms with van der Waals surface area (Å²) in [4.78, 5) is 10.5. The van der Waals surface area contributed by atoms with Gasteiger partial charge in [0.1, 0.15) is 5.78 Å². The van der Waals surface area contributed by atoms with Gasteiger partial charge in [0.15, 0.2) is 5.96 Å². The van der Waals surface area contributed by atoms with E-state index < -0.39 is 6.04 Å². The van der Waals surface area contributed by atoms with E-state index in [0.717, 1.165) is 0 Å². The SMILES string of the molecule is [CH2]C(=O)[C@H](N)CCCNC(=N)N. The molecular formula is C7H15N4O. The summed E-state index contributed by atoms with van der Waals surface area (Å²) in [6.45, 7) is 3.77. The molecule has 0 rings (SSSR count). The molecule has 5 heteroatoms. The molecule has 0 unspecified atom stereocenters. The van der Waals surface area contributed by atoms with Crippen LogP contribution >= 0.6 is 0 Å². The third kappa shape index (κ3) is 5.67. The Bertz CT molecular complexity index is 169. The van der Waals surface area contributed by atoms with E-state index in [0.29, 0.717) is 19.4 Å². The Hall–Kier alpha value is -1.10. The van der Waals surface area contributed by atoms with E-state index in [1.54, 1.807) is 0 Å². The van der Waals surface area contributed by atoms with E-state index in [4.69, 9.17) is 16.9 Å². The maximum Gasteiger partial charge on any atom is 0.185 e. The lowest BCUT2D eigenvalue weighted by molar-refractivity contribution is -0.116. The second-order valence-electron chi connectivity index (χ2n) is 2.56. The molecule has 0 aromatic rings. The van der Waals surface area contributed by atoms with E-state index in [9.17, 15) is 4.79 Å². The first-order valence-corrected chi connectivity index (χ1v) is 3.73. The Morgan fingerprint density at radius 1 is 1.67 bits per heavy atom. The summed E-state index contributed by atoms with van der Waals surface area (Å²) in [5, 5.41) is 9.43. The first kappa shape index (κ1) is 10.9. The minimum Gasteiger partial charge on any atom is -0.370 e. The number of carbonyl (C=O) groups is 1. The second kappa shape index (κ2) is 5.54. The molecule has 69 valence electrons. The van der Waals surface area contributed by atoms with Crippen molar-refractivity contribution in [1.82, 2.24) is 5.32 Å². The predicted molar refractivity (Wildman–Crippen MR) is 47.5 cm³/mol. The first-order chi connectivity index (χ1) is 5.54. The number of nitrogens with two attached hydrogens (primary N) is 2. The molecule has 0 heterocycles. The number of guanidine groups is 1. The van der Waals surface area contributed by atoms with Crippen molar-refractivity contribution in [3.8, 4) is 0 Å². The van der Waals surface area contributed by atoms with Gasteiger partial charge in [-0.15, -0.1) is 0 Å². The average molecular weight is 171 g/mol. The number of carbonyl (C=O) groups excluding carboxylic acids is 1. The highest BCUT2D eigenvalue weighted by molar-refractivity contribution is 5.87. The molecule has 1 atom stereocenters. The number of nitrogens with one attached hydrogen (secondary N) is 2. The van der Waals surface area contributed by atoms with E-state index in [1.807, 2.05) is 0 Å². The normalized spacial score (nSPS) is 12.2. The molecule has 0 bridgehead atoms. The van der Waals surface area contributed by atoms with Gasteiger partial charge in [0.25, 0.3) is 0 Å². The molecule has 0 aromatic carbocycles. The minimum absolute atomic E-state index is 0.0653. The van der Waals surface area contributed by atoms with Crippen LogP contribution in [0.4, 0.5) is 0 Å². The third-order valence-electron chi connectivity index (χ3n) is 1.42. The Morgan fingerprint density at radius 2 is 2.25 bits per heavy atom. The van der Waals surface area contributed by atoms with Crippen LogP contribution < -0.4 is 16.8 Å². The van der Waals surface area contributed by atoms with Crippen LogP contribution in [-0.2, 0) is 4.79 Å². The summed E-state index contributed by atoms with van der Waals surface area (Å²) >= 11 is 0. The molecule has 0 saturated heterocycles. The van der Waals surface area contributed by atoms with Crippen LogP contribution in [0.2, 0.25) is 0 Å². The molecule has 0 aliphatic carbocycles. The highest BCUT2D eigenvalue weighted by atomic mass is 16.1. The van der Waals surface area contributed by atoms with Crippen LogP contribution in [0.25, 0.3) is 0 Å². The fraction of sp³-hybridized carbons (Fsp3) is 0.571. The lowest BCUT2D eigenvalue weighted by Crippen LogP contribution is -2.33. The quantitative estimate of drug-likeness (QED) is 0.241. The van der Waals surface area contributed by atoms with Crippen molar-refractivity contribution in [2.45, 2.75) is 18.9 Å². The molecule has 0 spiro atoms. The first-order valence-electron chi connectivity index (χ1n) is 3.73. The van der Waals surface area contributed by atoms with Gasteiger partial charge in [-0.3, -0.25) is 10.2 Å². The molecule has 0 aromatic heterocycles. The lowest BCUT2D eigenvalue weighted by atomic mass is 10.1. The van der Waals surface area contributed by atoms with Crippen LogP contribution in [0.15, 0.2) is 0 Å². The molecule has 12 heavy (non-hydrogen) atoms. The van der Waals surface area contributed by atoms with E-state index in [1.165, 1.54) is 0 Å². The van der Waals surface area contributed by atoms with Crippen LogP contribution in [0, 0.1) is 12.3 Å². The molecular weight excluding hydrogens is 156 g/mol. The van der Waals surface area contributed by atoms with Gasteiger partial charge in [0, 0.05) is 13.5 Å². The highest BCUT2D eigenvalue weighted by Crippen LogP contribution is 1.93. The van der Waals surface area contributed by atoms with Crippen molar-refractivity contribution < 1.29 is 4.79 Å². The van der Waals surface area contributed by atoms with Gasteiger partial charge in [-0.25, -0.2) is 0 Å². The molecule has 0 amide bonds. The van der Waals surface area contributed by atoms with Crippen LogP contribution in [0.1, 0.15) is 12.8 Å². The van der Waals surface area contributed by atoms with E-state index in [2.05, 4.69) is 12.2 Å². The summed E-state index contributed by atoms with van der Waals surface area (Å²) in [7, 11) is 0. The van der Waals surface area contributed by atoms with Crippen LogP contribution in [-0.4, -0.2) is 24.3 Å². The number of hydrogen-bond donors (Lipinski definition) is 4. The van der Waals surface area contributed by atoms with Gasteiger partial charge in [0.05, 0.1) is 6.04 Å². The molecule has 5 nitrogen and oxygen atoms in total. The van der Waals surface area contributed by atoms with Crippen molar-refractivity contribution in [2.75, 3.05) is 6.54 Å². The van der Waals surface area contributed by atoms with Gasteiger partial charge in [-0.05, 0) is 12.8 Å². The van der Waals surface area contributed by atoms with Crippen molar-refractivity contribution in [3.05, 3.63) is 6.92 Å². The van der Waals surface area contributed by atoms with Crippen molar-refractivity contribution in [2.24, 2.45) is 11.5 Å². The maximum absolute atomic E-state index is 10.5. The zero-order chi connectivity index (χ0) is 9.56. The van der Waals surface area contributed by atoms with Crippen LogP contribution in [0.3, 0.4) is 0 Å². The monoisotopic (exact) mass is 171 g/mol. The number of ketones is 1. The standard InChI is InChI=1S/C7H15N4O/c1-5(12)6(8)3-2-4-11-7(9)10/h6H,1-4,8H2,(H4,9,10,11)/t6-/m1/s1. The smallest absolute Gasteiger partial charge is 0.185 e. The largest absolute Gasteiger partial charge is 0.370 e. The molecule has 1 radical (unpaired) electrons. The summed E-state index contributed by atoms with van der Waals surface area (Å²) in [6, 6.07) is -0.487. The molecule has 6 N–H and O–H groups in total. The minimum atomic E-state index is -0.487. The van der Waals surface area contributed by atoms with Gasteiger partial charge in [0.2, 0.25) is 0 Å². The second-order valence-corrected chi connectivity index (χ2v) is 2.56. The molecule has 0 aliphatic rings. The molecule has 0 saturated carbocycles. The lowest BCUT2D eigenvalue weighted by Gasteiger charge is -2.07. The number of Topliss-reactive ketones (excluding diaryl/α,β-unsaturated/α-hetero) is 1. The Kier molecular flexibility index (Phi) is 5.03. The van der Waals surface area contributed by atoms with E-state index >= 15 is 0 Å². The Morgan fingerprint density at radius 3 is 2.67 bits per heavy atom. The zero-order valence-electron chi connectivity index (χ0n) is 6.97. The third-order valence-corrected chi connectivity index (χ3v) is 1.42. The van der Waals surface area contributed by atoms with Crippen LogP contribution in [0.5, 0.6) is 0 Å². The maximum atomic E-state index is 10.5. The average Bonchev–Trinajstić information content (AvgIpc) is 1.97. The zero-order valence-corrected chi connectivity index (χ0v) is 6.97. The molecule has 0 fully saturated rings. The van der Waals surface area contributed by atoms with E-state index in [-0.39, 0.29) is 11.7 Å². The summed E-state index contributed by atoms with van der Waals surface area (Å²) in [5.74, 6) is -0.317. The van der Waals surface area contributed by atoms with Crippen molar-refractivity contribution >= 4 is 11.7 Å².